The Bertz CT molecular complexity index is 141. The highest BCUT2D eigenvalue weighted by molar-refractivity contribution is 9.18. The van der Waals surface area contributed by atoms with Crippen molar-refractivity contribution in [1.29, 1.82) is 0 Å². The van der Waals surface area contributed by atoms with Crippen LogP contribution in [-0.2, 0) is 0 Å². The Morgan fingerprint density at radius 2 is 2.50 bits per heavy atom. The summed E-state index contributed by atoms with van der Waals surface area (Å²) in [6.45, 7) is 0. The van der Waals surface area contributed by atoms with Gasteiger partial charge in [-0.2, -0.15) is 0 Å². The van der Waals surface area contributed by atoms with Gasteiger partial charge in [0.25, 0.3) is 0 Å². The third kappa shape index (κ3) is 1.56. The summed E-state index contributed by atoms with van der Waals surface area (Å²) >= 11 is 6.32. The molecule has 0 saturated heterocycles. The highest BCUT2D eigenvalue weighted by Crippen LogP contribution is 2.05. The van der Waals surface area contributed by atoms with Crippen LogP contribution in [0.5, 0.6) is 0 Å². The van der Waals surface area contributed by atoms with Gasteiger partial charge >= 0.3 is 0 Å². The molecule has 3 nitrogen and oxygen atoms in total. The molecule has 1 heterocycles. The predicted octanol–water partition coefficient (Wildman–Crippen LogP) is 1.05. The van der Waals surface area contributed by atoms with Crippen molar-refractivity contribution >= 4 is 42.9 Å². The van der Waals surface area contributed by atoms with Crippen LogP contribution in [-0.4, -0.2) is 16.2 Å². The lowest BCUT2D eigenvalue weighted by molar-refractivity contribution is 0.980. The van der Waals surface area contributed by atoms with Crippen LogP contribution in [0.1, 0.15) is 0 Å². The second-order valence-corrected chi connectivity index (χ2v) is 2.72. The zero-order valence-electron chi connectivity index (χ0n) is 3.81. The van der Waals surface area contributed by atoms with Crippen LogP contribution < -0.4 is 5.32 Å². The molecule has 0 aliphatic carbocycles. The number of halogens is 2. The van der Waals surface area contributed by atoms with Crippen molar-refractivity contribution in [3.63, 3.8) is 0 Å². The van der Waals surface area contributed by atoms with Crippen LogP contribution in [0.2, 0.25) is 0 Å². The first kappa shape index (κ1) is 6.22. The van der Waals surface area contributed by atoms with Crippen LogP contribution in [0.4, 0.5) is 0 Å². The van der Waals surface area contributed by atoms with Gasteiger partial charge in [0.15, 0.2) is 9.82 Å². The number of alkyl halides is 1. The Morgan fingerprint density at radius 3 is 2.88 bits per heavy atom. The first-order valence-electron chi connectivity index (χ1n) is 1.94. The normalized spacial score (nSPS) is 26.8. The third-order valence-electron chi connectivity index (χ3n) is 0.601. The molecule has 0 bridgehead atoms. The summed E-state index contributed by atoms with van der Waals surface area (Å²) in [7, 11) is 0. The van der Waals surface area contributed by atoms with Crippen molar-refractivity contribution in [1.82, 2.24) is 5.32 Å². The molecule has 0 radical (unpaired) electrons. The molecular weight excluding hydrogens is 238 g/mol. The standard InChI is InChI=1S/C3H3Br2N3/c4-2-6-1-7-3(5)8-2/h1-2H,(H,6,7,8). The van der Waals surface area contributed by atoms with E-state index in [-0.39, 0.29) is 5.08 Å². The van der Waals surface area contributed by atoms with E-state index < -0.39 is 0 Å². The summed E-state index contributed by atoms with van der Waals surface area (Å²) in [6, 6.07) is 0. The van der Waals surface area contributed by atoms with Gasteiger partial charge in [0.1, 0.15) is 0 Å². The average molecular weight is 241 g/mol. The maximum atomic E-state index is 3.92. The van der Waals surface area contributed by atoms with E-state index in [4.69, 9.17) is 0 Å². The number of hydrogen-bond donors (Lipinski definition) is 1. The van der Waals surface area contributed by atoms with E-state index in [1.54, 1.807) is 6.34 Å². The monoisotopic (exact) mass is 239 g/mol. The summed E-state index contributed by atoms with van der Waals surface area (Å²) < 4.78 is 0.703. The minimum Gasteiger partial charge on any atom is -0.326 e. The maximum Gasteiger partial charge on any atom is 0.199 e. The second-order valence-electron chi connectivity index (χ2n) is 1.15. The van der Waals surface area contributed by atoms with Crippen LogP contribution in [0.25, 0.3) is 0 Å². The van der Waals surface area contributed by atoms with Crippen LogP contribution in [0, 0.1) is 0 Å². The summed E-state index contributed by atoms with van der Waals surface area (Å²) in [4.78, 5) is 7.77. The van der Waals surface area contributed by atoms with Crippen molar-refractivity contribution < 1.29 is 0 Å². The first-order valence-corrected chi connectivity index (χ1v) is 3.65. The van der Waals surface area contributed by atoms with E-state index in [1.807, 2.05) is 0 Å². The van der Waals surface area contributed by atoms with Crippen LogP contribution in [0.3, 0.4) is 0 Å². The Balaban J connectivity index is 2.60. The van der Waals surface area contributed by atoms with Gasteiger partial charge in [0, 0.05) is 0 Å². The third-order valence-corrected chi connectivity index (χ3v) is 1.48. The molecule has 1 atom stereocenters. The zero-order valence-corrected chi connectivity index (χ0v) is 6.98. The van der Waals surface area contributed by atoms with Gasteiger partial charge < -0.3 is 5.32 Å². The molecule has 1 aliphatic rings. The molecule has 1 unspecified atom stereocenters. The fourth-order valence-corrected chi connectivity index (χ4v) is 1.21. The first-order chi connectivity index (χ1) is 3.79. The zero-order chi connectivity index (χ0) is 5.98. The molecule has 0 spiro atoms. The SMILES string of the molecule is BrC1=NC(Br)N=CN1. The number of hydrogen-bond acceptors (Lipinski definition) is 3. The molecule has 0 aromatic rings. The minimum atomic E-state index is -0.127. The number of aliphatic imine (C=N–C) groups is 2. The van der Waals surface area contributed by atoms with Crippen molar-refractivity contribution in [2.45, 2.75) is 5.08 Å². The summed E-state index contributed by atoms with van der Waals surface area (Å²) in [5.74, 6) is 0. The van der Waals surface area contributed by atoms with E-state index >= 15 is 0 Å². The molecule has 8 heavy (non-hydrogen) atoms. The summed E-state index contributed by atoms with van der Waals surface area (Å²) in [6.07, 6.45) is 1.58. The molecule has 1 rings (SSSR count). The van der Waals surface area contributed by atoms with E-state index in [0.717, 1.165) is 0 Å². The minimum absolute atomic E-state index is 0.127. The largest absolute Gasteiger partial charge is 0.326 e. The molecular formula is C3H3Br2N3. The van der Waals surface area contributed by atoms with Gasteiger partial charge in [0.2, 0.25) is 0 Å². The molecule has 0 amide bonds. The van der Waals surface area contributed by atoms with E-state index in [1.165, 1.54) is 0 Å². The molecule has 5 heteroatoms. The van der Waals surface area contributed by atoms with Crippen molar-refractivity contribution in [2.75, 3.05) is 0 Å². The summed E-state index contributed by atoms with van der Waals surface area (Å²) in [5, 5.41) is 2.63. The summed E-state index contributed by atoms with van der Waals surface area (Å²) in [5.41, 5.74) is 0. The van der Waals surface area contributed by atoms with E-state index in [9.17, 15) is 0 Å². The smallest absolute Gasteiger partial charge is 0.199 e. The Labute approximate surface area is 63.5 Å². The van der Waals surface area contributed by atoms with Crippen molar-refractivity contribution in [2.24, 2.45) is 9.98 Å². The number of nitrogens with zero attached hydrogens (tertiary/aromatic N) is 2. The van der Waals surface area contributed by atoms with E-state index in [2.05, 4.69) is 47.2 Å². The van der Waals surface area contributed by atoms with Gasteiger partial charge in [-0.05, 0) is 31.9 Å². The number of rotatable bonds is 0. The Kier molecular flexibility index (Phi) is 2.01. The lowest BCUT2D eigenvalue weighted by atomic mass is 10.9. The number of amidine groups is 1. The fraction of sp³-hybridized carbons (Fsp3) is 0.333. The number of nitrogens with one attached hydrogen (secondary N) is 1. The van der Waals surface area contributed by atoms with Gasteiger partial charge in [-0.1, -0.05) is 0 Å². The Morgan fingerprint density at radius 1 is 1.75 bits per heavy atom. The second kappa shape index (κ2) is 2.59. The fourth-order valence-electron chi connectivity index (χ4n) is 0.316. The lowest BCUT2D eigenvalue weighted by Gasteiger charge is -2.04. The quantitative estimate of drug-likeness (QED) is 0.499. The van der Waals surface area contributed by atoms with Gasteiger partial charge in [0.05, 0.1) is 6.34 Å². The average Bonchev–Trinajstić information content (AvgIpc) is 1.64. The maximum absolute atomic E-state index is 3.92. The molecule has 0 saturated carbocycles. The molecule has 1 N–H and O–H groups in total. The predicted molar refractivity (Wildman–Crippen MR) is 40.7 cm³/mol. The van der Waals surface area contributed by atoms with Crippen molar-refractivity contribution in [3.8, 4) is 0 Å². The molecule has 0 aromatic heterocycles. The Hall–Kier alpha value is 0.1000. The highest BCUT2D eigenvalue weighted by Gasteiger charge is 2.01. The van der Waals surface area contributed by atoms with Crippen molar-refractivity contribution in [3.05, 3.63) is 0 Å². The molecule has 0 fully saturated rings. The molecule has 0 aromatic carbocycles. The van der Waals surface area contributed by atoms with Crippen LogP contribution in [0.15, 0.2) is 9.98 Å². The van der Waals surface area contributed by atoms with Gasteiger partial charge in [-0.3, -0.25) is 0 Å². The van der Waals surface area contributed by atoms with Crippen LogP contribution >= 0.6 is 31.9 Å². The molecule has 1 aliphatic heterocycles. The van der Waals surface area contributed by atoms with Gasteiger partial charge in [-0.25, -0.2) is 9.98 Å². The van der Waals surface area contributed by atoms with E-state index in [0.29, 0.717) is 4.74 Å². The molecule has 44 valence electrons. The lowest BCUT2D eigenvalue weighted by Crippen LogP contribution is -2.21. The van der Waals surface area contributed by atoms with Gasteiger partial charge in [-0.15, -0.1) is 0 Å². The highest BCUT2D eigenvalue weighted by atomic mass is 79.9. The topological polar surface area (TPSA) is 36.8 Å².